The van der Waals surface area contributed by atoms with Crippen LogP contribution in [-0.4, -0.2) is 41.9 Å². The van der Waals surface area contributed by atoms with Crippen LogP contribution in [0.3, 0.4) is 0 Å². The van der Waals surface area contributed by atoms with Gasteiger partial charge in [0.1, 0.15) is 5.60 Å². The summed E-state index contributed by atoms with van der Waals surface area (Å²) in [7, 11) is 0. The molecule has 0 bridgehead atoms. The Hall–Kier alpha value is -1.03. The number of ether oxygens (including phenoxy) is 2. The summed E-state index contributed by atoms with van der Waals surface area (Å²) in [6.45, 7) is 14.3. The molecule has 1 saturated carbocycles. The van der Waals surface area contributed by atoms with Crippen LogP contribution in [0.1, 0.15) is 47.0 Å². The van der Waals surface area contributed by atoms with E-state index >= 15 is 0 Å². The lowest BCUT2D eigenvalue weighted by molar-refractivity contribution is -0.189. The molecule has 1 amide bonds. The Bertz CT molecular complexity index is 463. The molecule has 0 aromatic rings. The quantitative estimate of drug-likeness (QED) is 0.696. The first-order valence-electron chi connectivity index (χ1n) is 7.89. The van der Waals surface area contributed by atoms with Gasteiger partial charge in [-0.3, -0.25) is 0 Å². The average molecular weight is 293 g/mol. The van der Waals surface area contributed by atoms with Crippen LogP contribution in [-0.2, 0) is 9.47 Å². The predicted octanol–water partition coefficient (Wildman–Crippen LogP) is 3.37. The van der Waals surface area contributed by atoms with Crippen molar-refractivity contribution in [2.24, 2.45) is 11.3 Å². The van der Waals surface area contributed by atoms with Gasteiger partial charge in [0.15, 0.2) is 0 Å². The van der Waals surface area contributed by atoms with E-state index < -0.39 is 5.60 Å². The van der Waals surface area contributed by atoms with Crippen molar-refractivity contribution in [1.82, 2.24) is 4.90 Å². The van der Waals surface area contributed by atoms with Gasteiger partial charge in [-0.2, -0.15) is 0 Å². The minimum absolute atomic E-state index is 0.0731. The lowest BCUT2D eigenvalue weighted by Gasteiger charge is -2.62. The number of amides is 1. The number of hydrogen-bond acceptors (Lipinski definition) is 3. The molecule has 1 aliphatic carbocycles. The van der Waals surface area contributed by atoms with Crippen molar-refractivity contribution in [2.45, 2.75) is 58.2 Å². The summed E-state index contributed by atoms with van der Waals surface area (Å²) < 4.78 is 11.5. The summed E-state index contributed by atoms with van der Waals surface area (Å²) in [6.07, 6.45) is 3.10. The van der Waals surface area contributed by atoms with Crippen molar-refractivity contribution in [3.05, 3.63) is 12.2 Å². The van der Waals surface area contributed by atoms with Crippen LogP contribution < -0.4 is 0 Å². The summed E-state index contributed by atoms with van der Waals surface area (Å²) >= 11 is 0. The zero-order chi connectivity index (χ0) is 15.5. The van der Waals surface area contributed by atoms with Crippen molar-refractivity contribution in [3.8, 4) is 0 Å². The lowest BCUT2D eigenvalue weighted by Crippen LogP contribution is -2.69. The third kappa shape index (κ3) is 2.70. The average Bonchev–Trinajstić information content (AvgIpc) is 2.65. The molecular weight excluding hydrogens is 266 g/mol. The minimum atomic E-state index is -0.413. The van der Waals surface area contributed by atoms with E-state index in [0.717, 1.165) is 39.0 Å². The number of rotatable bonds is 1. The maximum Gasteiger partial charge on any atom is 0.410 e. The van der Waals surface area contributed by atoms with Crippen LogP contribution in [0.2, 0.25) is 0 Å². The highest BCUT2D eigenvalue weighted by atomic mass is 16.6. The summed E-state index contributed by atoms with van der Waals surface area (Å²) in [5.41, 5.74) is 1.19. The first kappa shape index (κ1) is 14.9. The van der Waals surface area contributed by atoms with E-state index in [0.29, 0.717) is 11.3 Å². The molecule has 0 radical (unpaired) electrons. The predicted molar refractivity (Wildman–Crippen MR) is 81.1 cm³/mol. The van der Waals surface area contributed by atoms with Crippen LogP contribution >= 0.6 is 0 Å². The third-order valence-corrected chi connectivity index (χ3v) is 5.00. The van der Waals surface area contributed by atoms with Gasteiger partial charge in [-0.05, 0) is 47.0 Å². The van der Waals surface area contributed by atoms with Crippen LogP contribution in [0.15, 0.2) is 12.2 Å². The first-order chi connectivity index (χ1) is 9.62. The molecule has 2 aliphatic heterocycles. The molecular formula is C17H27NO3. The smallest absolute Gasteiger partial charge is 0.410 e. The van der Waals surface area contributed by atoms with Gasteiger partial charge in [-0.15, -0.1) is 0 Å². The number of likely N-dealkylation sites (tertiary alicyclic amines) is 1. The van der Waals surface area contributed by atoms with Crippen LogP contribution in [0.4, 0.5) is 4.79 Å². The van der Waals surface area contributed by atoms with Gasteiger partial charge < -0.3 is 14.4 Å². The minimum Gasteiger partial charge on any atom is -0.444 e. The maximum absolute atomic E-state index is 12.0. The van der Waals surface area contributed by atoms with Crippen molar-refractivity contribution in [2.75, 3.05) is 19.7 Å². The Morgan fingerprint density at radius 2 is 1.95 bits per heavy atom. The highest BCUT2D eigenvalue weighted by Gasteiger charge is 2.63. The number of hydrogen-bond donors (Lipinski definition) is 0. The van der Waals surface area contributed by atoms with E-state index in [2.05, 4.69) is 13.5 Å². The van der Waals surface area contributed by atoms with Crippen molar-refractivity contribution < 1.29 is 14.3 Å². The van der Waals surface area contributed by atoms with E-state index in [4.69, 9.17) is 9.47 Å². The second kappa shape index (κ2) is 4.48. The molecule has 3 aliphatic rings. The van der Waals surface area contributed by atoms with Crippen LogP contribution in [0, 0.1) is 11.3 Å². The number of carbonyl (C=O) groups is 1. The second-order valence-corrected chi connectivity index (χ2v) is 8.43. The van der Waals surface area contributed by atoms with Gasteiger partial charge in [-0.1, -0.05) is 12.2 Å². The molecule has 0 aromatic heterocycles. The SMILES string of the molecule is C=C(C)C1COC2(C1)CC1(CN(C(=O)OC(C)(C)C)C1)C2. The summed E-state index contributed by atoms with van der Waals surface area (Å²) in [5.74, 6) is 0.518. The van der Waals surface area contributed by atoms with Crippen LogP contribution in [0.25, 0.3) is 0 Å². The molecule has 0 aromatic carbocycles. The van der Waals surface area contributed by atoms with E-state index in [1.807, 2.05) is 25.7 Å². The van der Waals surface area contributed by atoms with Gasteiger partial charge >= 0.3 is 6.09 Å². The number of nitrogens with zero attached hydrogens (tertiary/aromatic N) is 1. The van der Waals surface area contributed by atoms with E-state index in [1.165, 1.54) is 5.57 Å². The topological polar surface area (TPSA) is 38.8 Å². The van der Waals surface area contributed by atoms with Gasteiger partial charge in [0.2, 0.25) is 0 Å². The zero-order valence-electron chi connectivity index (χ0n) is 13.7. The van der Waals surface area contributed by atoms with E-state index in [1.54, 1.807) is 0 Å². The Morgan fingerprint density at radius 1 is 1.33 bits per heavy atom. The normalized spacial score (nSPS) is 29.1. The molecule has 4 heteroatoms. The molecule has 2 heterocycles. The third-order valence-electron chi connectivity index (χ3n) is 5.00. The standard InChI is InChI=1S/C17H27NO3/c1-12(2)13-6-17(20-7-13)8-16(9-17)10-18(11-16)14(19)21-15(3,4)5/h13H,1,6-11H2,2-5H3. The van der Waals surface area contributed by atoms with Crippen LogP contribution in [0.5, 0.6) is 0 Å². The number of carbonyl (C=O) groups excluding carboxylic acids is 1. The van der Waals surface area contributed by atoms with E-state index in [-0.39, 0.29) is 11.7 Å². The van der Waals surface area contributed by atoms with Gasteiger partial charge in [0.25, 0.3) is 0 Å². The van der Waals surface area contributed by atoms with Crippen molar-refractivity contribution in [1.29, 1.82) is 0 Å². The first-order valence-corrected chi connectivity index (χ1v) is 7.89. The molecule has 118 valence electrons. The monoisotopic (exact) mass is 293 g/mol. The molecule has 2 spiro atoms. The van der Waals surface area contributed by atoms with Gasteiger partial charge in [0, 0.05) is 24.4 Å². The Morgan fingerprint density at radius 3 is 2.43 bits per heavy atom. The molecule has 0 N–H and O–H groups in total. The van der Waals surface area contributed by atoms with Crippen molar-refractivity contribution >= 4 is 6.09 Å². The highest BCUT2D eigenvalue weighted by Crippen LogP contribution is 2.60. The molecule has 2 saturated heterocycles. The second-order valence-electron chi connectivity index (χ2n) is 8.43. The molecule has 3 rings (SSSR count). The summed E-state index contributed by atoms with van der Waals surface area (Å²) in [5, 5.41) is 0. The Kier molecular flexibility index (Phi) is 3.18. The molecule has 1 unspecified atom stereocenters. The van der Waals surface area contributed by atoms with Gasteiger partial charge in [0.05, 0.1) is 12.2 Å². The summed E-state index contributed by atoms with van der Waals surface area (Å²) in [6, 6.07) is 0. The van der Waals surface area contributed by atoms with E-state index in [9.17, 15) is 4.79 Å². The Balaban J connectivity index is 1.48. The molecule has 1 atom stereocenters. The fourth-order valence-electron chi connectivity index (χ4n) is 4.16. The fourth-order valence-corrected chi connectivity index (χ4v) is 4.16. The highest BCUT2D eigenvalue weighted by molar-refractivity contribution is 5.69. The maximum atomic E-state index is 12.0. The van der Waals surface area contributed by atoms with Gasteiger partial charge in [-0.25, -0.2) is 4.79 Å². The molecule has 3 fully saturated rings. The molecule has 21 heavy (non-hydrogen) atoms. The molecule has 4 nitrogen and oxygen atoms in total. The zero-order valence-corrected chi connectivity index (χ0v) is 13.7. The Labute approximate surface area is 127 Å². The lowest BCUT2D eigenvalue weighted by atomic mass is 9.54. The summed E-state index contributed by atoms with van der Waals surface area (Å²) in [4.78, 5) is 13.8. The fraction of sp³-hybridized carbons (Fsp3) is 0.824. The van der Waals surface area contributed by atoms with Crippen molar-refractivity contribution in [3.63, 3.8) is 0 Å². The largest absolute Gasteiger partial charge is 0.444 e.